The van der Waals surface area contributed by atoms with Crippen molar-refractivity contribution in [1.29, 1.82) is 0 Å². The number of carbonyl (C=O) groups excluding carboxylic acids is 1. The van der Waals surface area contributed by atoms with Gasteiger partial charge in [-0.3, -0.25) is 4.79 Å². The number of halogens is 2. The third-order valence-corrected chi connectivity index (χ3v) is 7.83. The van der Waals surface area contributed by atoms with E-state index in [9.17, 15) is 22.0 Å². The fourth-order valence-corrected chi connectivity index (χ4v) is 6.15. The number of benzene rings is 1. The van der Waals surface area contributed by atoms with Gasteiger partial charge in [0, 0.05) is 18.2 Å². The molecule has 3 aromatic rings. The Morgan fingerprint density at radius 1 is 1.21 bits per heavy atom. The molecule has 0 radical (unpaired) electrons. The molecule has 0 atom stereocenters. The van der Waals surface area contributed by atoms with Gasteiger partial charge in [-0.2, -0.15) is 0 Å². The zero-order valence-corrected chi connectivity index (χ0v) is 19.8. The number of aromatic nitrogens is 2. The molecular formula is C21H23F2N5O4S2. The summed E-state index contributed by atoms with van der Waals surface area (Å²) in [5, 5.41) is 7.27. The lowest BCUT2D eigenvalue weighted by Crippen LogP contribution is -2.40. The quantitative estimate of drug-likeness (QED) is 0.391. The van der Waals surface area contributed by atoms with Crippen molar-refractivity contribution >= 4 is 38.1 Å². The monoisotopic (exact) mass is 511 g/mol. The van der Waals surface area contributed by atoms with Gasteiger partial charge >= 0.3 is 0 Å². The van der Waals surface area contributed by atoms with Crippen LogP contribution in [0.2, 0.25) is 0 Å². The lowest BCUT2D eigenvalue weighted by atomic mass is 9.92. The third kappa shape index (κ3) is 5.59. The van der Waals surface area contributed by atoms with Gasteiger partial charge in [-0.1, -0.05) is 22.6 Å². The number of nitrogen functional groups attached to an aromatic ring is 1. The van der Waals surface area contributed by atoms with Crippen molar-refractivity contribution in [1.82, 2.24) is 14.9 Å². The Hall–Kier alpha value is -2.90. The van der Waals surface area contributed by atoms with Gasteiger partial charge in [0.25, 0.3) is 0 Å². The first-order chi connectivity index (χ1) is 16.1. The fourth-order valence-electron chi connectivity index (χ4n) is 3.89. The molecule has 0 saturated heterocycles. The van der Waals surface area contributed by atoms with E-state index in [1.54, 1.807) is 13.0 Å². The molecule has 1 fully saturated rings. The number of anilines is 2. The number of aryl methyl sites for hydroxylation is 1. The molecule has 13 heteroatoms. The summed E-state index contributed by atoms with van der Waals surface area (Å²) in [5.74, 6) is -2.61. The van der Waals surface area contributed by atoms with E-state index >= 15 is 0 Å². The highest BCUT2D eigenvalue weighted by molar-refractivity contribution is 7.88. The lowest BCUT2D eigenvalue weighted by molar-refractivity contribution is 0.103. The molecule has 1 aliphatic rings. The van der Waals surface area contributed by atoms with Gasteiger partial charge < -0.3 is 15.6 Å². The molecular weight excluding hydrogens is 488 g/mol. The summed E-state index contributed by atoms with van der Waals surface area (Å²) in [7, 11) is -3.56. The molecule has 0 unspecified atom stereocenters. The largest absolute Gasteiger partial charge is 0.382 e. The Labute approximate surface area is 198 Å². The van der Waals surface area contributed by atoms with E-state index in [1.165, 1.54) is 6.07 Å². The van der Waals surface area contributed by atoms with E-state index in [4.69, 9.17) is 10.3 Å². The zero-order chi connectivity index (χ0) is 24.5. The van der Waals surface area contributed by atoms with E-state index in [1.807, 2.05) is 0 Å². The fraction of sp³-hybridized carbons (Fsp3) is 0.381. The second-order valence-corrected chi connectivity index (χ2v) is 10.9. The number of hydrogen-bond acceptors (Lipinski definition) is 9. The van der Waals surface area contributed by atoms with E-state index < -0.39 is 33.0 Å². The van der Waals surface area contributed by atoms with Crippen molar-refractivity contribution in [2.75, 3.05) is 11.1 Å². The molecule has 0 aliphatic heterocycles. The van der Waals surface area contributed by atoms with Crippen LogP contribution < -0.4 is 15.8 Å². The topological polar surface area (TPSA) is 140 Å². The maximum absolute atomic E-state index is 14.0. The number of hydrogen-bond donors (Lipinski definition) is 3. The zero-order valence-electron chi connectivity index (χ0n) is 18.2. The van der Waals surface area contributed by atoms with E-state index in [0.29, 0.717) is 42.3 Å². The van der Waals surface area contributed by atoms with Gasteiger partial charge in [-0.25, -0.2) is 26.9 Å². The second-order valence-electron chi connectivity index (χ2n) is 8.16. The first kappa shape index (κ1) is 24.2. The molecule has 0 amide bonds. The van der Waals surface area contributed by atoms with Crippen LogP contribution >= 0.6 is 11.3 Å². The summed E-state index contributed by atoms with van der Waals surface area (Å²) in [5.41, 5.74) is 5.53. The number of rotatable bonds is 8. The SMILES string of the molecule is Cc1cc(CS(=O)(=O)NC2CCC(Nc3nc(N)c(C(=O)c4c(F)cccc4F)s3)CC2)no1. The molecule has 2 heterocycles. The summed E-state index contributed by atoms with van der Waals surface area (Å²) < 4.78 is 60.4. The van der Waals surface area contributed by atoms with Crippen molar-refractivity contribution in [3.63, 3.8) is 0 Å². The van der Waals surface area contributed by atoms with Crippen molar-refractivity contribution in [3.05, 3.63) is 57.8 Å². The molecule has 1 aromatic carbocycles. The average Bonchev–Trinajstić information content (AvgIpc) is 3.33. The molecule has 182 valence electrons. The Kier molecular flexibility index (Phi) is 6.96. The molecule has 4 rings (SSSR count). The molecule has 9 nitrogen and oxygen atoms in total. The Balaban J connectivity index is 1.33. The number of nitrogens with two attached hydrogens (primary N) is 1. The standard InChI is InChI=1S/C21H23F2N5O4S2/c1-11-9-14(27-32-11)10-34(30,31)28-13-7-5-12(6-8-13)25-21-26-20(24)19(33-21)18(29)17-15(22)3-2-4-16(17)23/h2-4,9,12-13,28H,5-8,10,24H2,1H3,(H,25,26). The predicted molar refractivity (Wildman–Crippen MR) is 123 cm³/mol. The molecule has 4 N–H and O–H groups in total. The normalized spacial score (nSPS) is 18.7. The molecule has 2 aromatic heterocycles. The van der Waals surface area contributed by atoms with Crippen LogP contribution in [0.3, 0.4) is 0 Å². The van der Waals surface area contributed by atoms with E-state index in [0.717, 1.165) is 23.5 Å². The van der Waals surface area contributed by atoms with Crippen molar-refractivity contribution in [2.24, 2.45) is 0 Å². The highest BCUT2D eigenvalue weighted by Gasteiger charge is 2.28. The summed E-state index contributed by atoms with van der Waals surface area (Å²) >= 11 is 0.930. The summed E-state index contributed by atoms with van der Waals surface area (Å²) in [6.07, 6.45) is 2.51. The Morgan fingerprint density at radius 2 is 1.85 bits per heavy atom. The molecule has 0 spiro atoms. The van der Waals surface area contributed by atoms with Crippen LogP contribution in [0, 0.1) is 18.6 Å². The van der Waals surface area contributed by atoms with Crippen LogP contribution in [0.1, 0.15) is 52.4 Å². The first-order valence-electron chi connectivity index (χ1n) is 10.5. The van der Waals surface area contributed by atoms with E-state index in [-0.39, 0.29) is 28.5 Å². The smallest absolute Gasteiger partial charge is 0.217 e. The second kappa shape index (κ2) is 9.76. The lowest BCUT2D eigenvalue weighted by Gasteiger charge is -2.29. The van der Waals surface area contributed by atoms with Gasteiger partial charge in [-0.05, 0) is 44.7 Å². The maximum atomic E-state index is 14.0. The minimum absolute atomic E-state index is 0.0161. The first-order valence-corrected chi connectivity index (χ1v) is 13.0. The third-order valence-electron chi connectivity index (χ3n) is 5.47. The van der Waals surface area contributed by atoms with Crippen molar-refractivity contribution in [2.45, 2.75) is 50.4 Å². The van der Waals surface area contributed by atoms with Crippen molar-refractivity contribution in [3.8, 4) is 0 Å². The van der Waals surface area contributed by atoms with Gasteiger partial charge in [0.1, 0.15) is 39.5 Å². The summed E-state index contributed by atoms with van der Waals surface area (Å²) in [6.45, 7) is 1.69. The number of thiazole rings is 1. The molecule has 34 heavy (non-hydrogen) atoms. The number of ketones is 1. The highest BCUT2D eigenvalue weighted by atomic mass is 32.2. The highest BCUT2D eigenvalue weighted by Crippen LogP contribution is 2.31. The number of sulfonamides is 1. The van der Waals surface area contributed by atoms with Gasteiger partial charge in [0.2, 0.25) is 15.8 Å². The summed E-state index contributed by atoms with van der Waals surface area (Å²) in [6, 6.07) is 4.55. The summed E-state index contributed by atoms with van der Waals surface area (Å²) in [4.78, 5) is 16.7. The number of nitrogens with one attached hydrogen (secondary N) is 2. The minimum atomic E-state index is -3.56. The predicted octanol–water partition coefficient (Wildman–Crippen LogP) is 3.37. The number of carbonyl (C=O) groups is 1. The van der Waals surface area contributed by atoms with Gasteiger partial charge in [0.05, 0.1) is 5.56 Å². The Bertz CT molecular complexity index is 1280. The van der Waals surface area contributed by atoms with Crippen molar-refractivity contribution < 1.29 is 26.5 Å². The van der Waals surface area contributed by atoms with Crippen LogP contribution in [0.4, 0.5) is 19.7 Å². The van der Waals surface area contributed by atoms with Gasteiger partial charge in [-0.15, -0.1) is 0 Å². The molecule has 1 aliphatic carbocycles. The maximum Gasteiger partial charge on any atom is 0.217 e. The minimum Gasteiger partial charge on any atom is -0.382 e. The molecule has 0 bridgehead atoms. The Morgan fingerprint density at radius 3 is 2.47 bits per heavy atom. The van der Waals surface area contributed by atoms with E-state index in [2.05, 4.69) is 20.2 Å². The molecule has 1 saturated carbocycles. The average molecular weight is 512 g/mol. The van der Waals surface area contributed by atoms with Crippen LogP contribution in [0.5, 0.6) is 0 Å². The van der Waals surface area contributed by atoms with Crippen LogP contribution in [0.15, 0.2) is 28.8 Å². The van der Waals surface area contributed by atoms with Gasteiger partial charge in [0.15, 0.2) is 5.13 Å². The van der Waals surface area contributed by atoms with Crippen LogP contribution in [-0.2, 0) is 15.8 Å². The van der Waals surface area contributed by atoms with Crippen LogP contribution in [0.25, 0.3) is 0 Å². The van der Waals surface area contributed by atoms with Crippen LogP contribution in [-0.4, -0.2) is 36.4 Å². The number of nitrogens with zero attached hydrogens (tertiary/aromatic N) is 2.